The Morgan fingerprint density at radius 2 is 0.500 bits per heavy atom. The monoisotopic (exact) mass is 124 g/mol. The van der Waals surface area contributed by atoms with Crippen molar-refractivity contribution in [2.24, 2.45) is 0 Å². The van der Waals surface area contributed by atoms with Crippen LogP contribution in [-0.4, -0.2) is 44.8 Å². The Bertz CT molecular complexity index is 22.0. The van der Waals surface area contributed by atoms with Gasteiger partial charge in [-0.1, -0.05) is 0 Å². The fourth-order valence-corrected chi connectivity index (χ4v) is 0. The maximum atomic E-state index is 7.17. The first-order chi connectivity index (χ1) is 3.46. The summed E-state index contributed by atoms with van der Waals surface area (Å²) < 4.78 is 0. The van der Waals surface area contributed by atoms with Gasteiger partial charge in [-0.15, -0.1) is 0 Å². The summed E-state index contributed by atoms with van der Waals surface area (Å²) in [6.07, 6.45) is 0. The lowest BCUT2D eigenvalue weighted by atomic mass is 10.3. The van der Waals surface area contributed by atoms with Gasteiger partial charge in [0.1, 0.15) is 0 Å². The Hall–Kier alpha value is -0.110. The molecule has 0 saturated carbocycles. The van der Waals surface area contributed by atoms with Gasteiger partial charge in [-0.2, -0.15) is 0 Å². The van der Waals surface area contributed by atoms with Crippen molar-refractivity contribution in [1.82, 2.24) is 0 Å². The van der Waals surface area contributed by atoms with Gasteiger partial charge in [0.25, 0.3) is 0 Å². The molecule has 6 nitrogen and oxygen atoms in total. The molecule has 0 spiro atoms. The highest BCUT2D eigenvalue weighted by molar-refractivity contribution is 6.30. The smallest absolute Gasteiger partial charge is 0.402 e. The predicted octanol–water partition coefficient (Wildman–Crippen LogP) is -4.10. The highest BCUT2D eigenvalue weighted by Crippen LogP contribution is 1.40. The molecule has 0 aliphatic heterocycles. The summed E-state index contributed by atoms with van der Waals surface area (Å²) >= 11 is 0. The molecule has 0 rings (SSSR count). The van der Waals surface area contributed by atoms with Crippen molar-refractivity contribution in [2.45, 2.75) is 0 Å². The van der Waals surface area contributed by atoms with Crippen LogP contribution in [0, 0.1) is 0 Å². The molecule has 0 saturated heterocycles. The zero-order valence-corrected chi connectivity index (χ0v) is 3.84. The largest absolute Gasteiger partial charge is 0.631 e. The normalized spacial score (nSPS) is 6.75. The summed E-state index contributed by atoms with van der Waals surface area (Å²) in [6.45, 7) is 0. The molecule has 0 radical (unpaired) electrons. The lowest BCUT2D eigenvalue weighted by molar-refractivity contribution is 0.276. The van der Waals surface area contributed by atoms with Crippen molar-refractivity contribution in [3.63, 3.8) is 0 Å². The fourth-order valence-electron chi connectivity index (χ4n) is 0. The molecule has 0 fully saturated rings. The molecule has 0 aromatic heterocycles. The molecule has 48 valence electrons. The minimum absolute atomic E-state index is 2.17. The molecule has 0 bridgehead atoms. The number of rotatable bonds is 0. The van der Waals surface area contributed by atoms with Gasteiger partial charge >= 0.3 is 14.6 Å². The summed E-state index contributed by atoms with van der Waals surface area (Å²) in [4.78, 5) is 0. The van der Waals surface area contributed by atoms with E-state index in [-0.39, 0.29) is 0 Å². The fraction of sp³-hybridized carbons (Fsp3) is 0. The van der Waals surface area contributed by atoms with E-state index in [2.05, 4.69) is 0 Å². The first kappa shape index (κ1) is 10.8. The van der Waals surface area contributed by atoms with Crippen molar-refractivity contribution in [2.75, 3.05) is 0 Å². The van der Waals surface area contributed by atoms with Crippen molar-refractivity contribution in [3.05, 3.63) is 0 Å². The van der Waals surface area contributed by atoms with Gasteiger partial charge in [-0.05, 0) is 0 Å². The predicted molar refractivity (Wildman–Crippen MR) is 24.8 cm³/mol. The Morgan fingerprint density at radius 1 is 0.500 bits per heavy atom. The van der Waals surface area contributed by atoms with Gasteiger partial charge in [0.2, 0.25) is 0 Å². The highest BCUT2D eigenvalue weighted by atomic mass is 16.5. The van der Waals surface area contributed by atoms with Gasteiger partial charge in [-0.3, -0.25) is 0 Å². The van der Waals surface area contributed by atoms with E-state index < -0.39 is 14.6 Å². The molecule has 0 aliphatic rings. The van der Waals surface area contributed by atoms with Gasteiger partial charge in [0, 0.05) is 0 Å². The topological polar surface area (TPSA) is 121 Å². The summed E-state index contributed by atoms with van der Waals surface area (Å²) in [5.74, 6) is 0. The van der Waals surface area contributed by atoms with Gasteiger partial charge in [0.15, 0.2) is 0 Å². The van der Waals surface area contributed by atoms with E-state index in [0.29, 0.717) is 0 Å². The Kier molecular flexibility index (Phi) is 9.30. The van der Waals surface area contributed by atoms with Gasteiger partial charge in [-0.25, -0.2) is 0 Å². The molecule has 0 heterocycles. The van der Waals surface area contributed by atoms with Crippen LogP contribution in [0.15, 0.2) is 0 Å². The lowest BCUT2D eigenvalue weighted by Crippen LogP contribution is -2.07. The Balaban J connectivity index is 0. The maximum Gasteiger partial charge on any atom is 0.631 e. The van der Waals surface area contributed by atoms with Crippen LogP contribution in [0.4, 0.5) is 0 Å². The van der Waals surface area contributed by atoms with E-state index in [4.69, 9.17) is 30.1 Å². The molecule has 8 heavy (non-hydrogen) atoms. The molecule has 0 aromatic carbocycles. The molecule has 0 aromatic rings. The highest BCUT2D eigenvalue weighted by Gasteiger charge is 1.93. The minimum atomic E-state index is -2.17. The van der Waals surface area contributed by atoms with E-state index in [1.54, 1.807) is 0 Å². The quantitative estimate of drug-likeness (QED) is 0.182. The van der Waals surface area contributed by atoms with E-state index in [1.165, 1.54) is 0 Å². The average molecular weight is 124 g/mol. The van der Waals surface area contributed by atoms with Crippen LogP contribution in [0.2, 0.25) is 0 Å². The third kappa shape index (κ3) is 11600. The number of hydrogen-bond donors (Lipinski definition) is 6. The van der Waals surface area contributed by atoms with Crippen LogP contribution in [0.1, 0.15) is 0 Å². The van der Waals surface area contributed by atoms with Crippen LogP contribution in [0.3, 0.4) is 0 Å². The molecular weight excluding hydrogens is 118 g/mol. The second-order valence-electron chi connectivity index (χ2n) is 0.693. The van der Waals surface area contributed by atoms with Crippen LogP contribution >= 0.6 is 0 Å². The Morgan fingerprint density at radius 3 is 0.500 bits per heavy atom. The van der Waals surface area contributed by atoms with E-state index in [9.17, 15) is 0 Å². The molecular formula is H6B2O6. The molecule has 0 amide bonds. The molecule has 0 aliphatic carbocycles. The van der Waals surface area contributed by atoms with Gasteiger partial charge < -0.3 is 30.1 Å². The second-order valence-corrected chi connectivity index (χ2v) is 0.693. The zero-order valence-electron chi connectivity index (χ0n) is 3.84. The van der Waals surface area contributed by atoms with E-state index >= 15 is 0 Å². The van der Waals surface area contributed by atoms with Crippen molar-refractivity contribution in [1.29, 1.82) is 0 Å². The molecule has 0 atom stereocenters. The Labute approximate surface area is 46.0 Å². The second kappa shape index (κ2) is 6.89. The van der Waals surface area contributed by atoms with E-state index in [0.717, 1.165) is 0 Å². The summed E-state index contributed by atoms with van der Waals surface area (Å²) in [5.41, 5.74) is 0. The molecule has 0 unspecified atom stereocenters. The molecule has 6 N–H and O–H groups in total. The summed E-state index contributed by atoms with van der Waals surface area (Å²) in [7, 11) is -4.33. The van der Waals surface area contributed by atoms with E-state index in [1.807, 2.05) is 0 Å². The van der Waals surface area contributed by atoms with Crippen molar-refractivity contribution in [3.8, 4) is 0 Å². The third-order valence-corrected chi connectivity index (χ3v) is 0. The standard InChI is InChI=1S/2BH3O3/c2*2-1(3)4/h2*2-4H. The number of hydrogen-bond acceptors (Lipinski definition) is 6. The SMILES string of the molecule is OB(O)O.OB(O)O. The maximum absolute atomic E-state index is 7.17. The summed E-state index contributed by atoms with van der Waals surface area (Å²) in [5, 5.41) is 43.0. The third-order valence-electron chi connectivity index (χ3n) is 0. The van der Waals surface area contributed by atoms with Crippen molar-refractivity contribution < 1.29 is 30.1 Å². The summed E-state index contributed by atoms with van der Waals surface area (Å²) in [6, 6.07) is 0. The van der Waals surface area contributed by atoms with Gasteiger partial charge in [0.05, 0.1) is 0 Å². The van der Waals surface area contributed by atoms with Crippen LogP contribution < -0.4 is 0 Å². The first-order valence-corrected chi connectivity index (χ1v) is 1.55. The lowest BCUT2D eigenvalue weighted by Gasteiger charge is -1.69. The average Bonchev–Trinajstić information content (AvgIpc) is 1.25. The van der Waals surface area contributed by atoms with Crippen LogP contribution in [0.25, 0.3) is 0 Å². The van der Waals surface area contributed by atoms with Crippen LogP contribution in [-0.2, 0) is 0 Å². The first-order valence-electron chi connectivity index (χ1n) is 1.55. The van der Waals surface area contributed by atoms with Crippen LogP contribution in [0.5, 0.6) is 0 Å². The zero-order chi connectivity index (χ0) is 7.15. The minimum Gasteiger partial charge on any atom is -0.402 e. The molecule has 8 heteroatoms. The van der Waals surface area contributed by atoms with Crippen molar-refractivity contribution >= 4 is 14.6 Å².